The Labute approximate surface area is 55.8 Å². The highest BCUT2D eigenvalue weighted by atomic mass is 16.1. The first-order chi connectivity index (χ1) is 4.22. The van der Waals surface area contributed by atoms with Crippen molar-refractivity contribution < 1.29 is 4.79 Å². The molecule has 0 saturated heterocycles. The monoisotopic (exact) mass is 127 g/mol. The van der Waals surface area contributed by atoms with Crippen molar-refractivity contribution in [2.24, 2.45) is 0 Å². The van der Waals surface area contributed by atoms with E-state index in [9.17, 15) is 4.79 Å². The summed E-state index contributed by atoms with van der Waals surface area (Å²) in [6, 6.07) is 0. The van der Waals surface area contributed by atoms with Crippen LogP contribution in [0.15, 0.2) is 0 Å². The lowest BCUT2D eigenvalue weighted by Gasteiger charge is -1.95. The minimum absolute atomic E-state index is 0.0168. The van der Waals surface area contributed by atoms with Gasteiger partial charge in [0.1, 0.15) is 0 Å². The molecule has 0 aliphatic rings. The second-order valence-electron chi connectivity index (χ2n) is 2.01. The highest BCUT2D eigenvalue weighted by Gasteiger charge is 2.03. The molecule has 0 atom stereocenters. The zero-order valence-corrected chi connectivity index (χ0v) is 6.03. The van der Waals surface area contributed by atoms with Crippen LogP contribution in [0.3, 0.4) is 0 Å². The molecular formula is C7H13NO. The van der Waals surface area contributed by atoms with Gasteiger partial charge >= 0.3 is 0 Å². The summed E-state index contributed by atoms with van der Waals surface area (Å²) in [5, 5.41) is 7.15. The molecule has 0 bridgehead atoms. The fourth-order valence-electron chi connectivity index (χ4n) is 0.603. The van der Waals surface area contributed by atoms with Crippen LogP contribution < -0.4 is 0 Å². The Morgan fingerprint density at radius 1 is 1.44 bits per heavy atom. The molecule has 2 heteroatoms. The van der Waals surface area contributed by atoms with Gasteiger partial charge in [-0.3, -0.25) is 4.79 Å². The van der Waals surface area contributed by atoms with E-state index in [-0.39, 0.29) is 11.5 Å². The molecule has 0 unspecified atom stereocenters. The molecule has 0 aliphatic heterocycles. The molecule has 0 amide bonds. The molecule has 52 valence electrons. The lowest BCUT2D eigenvalue weighted by Crippen LogP contribution is -2.10. The lowest BCUT2D eigenvalue weighted by atomic mass is 10.1. The van der Waals surface area contributed by atoms with E-state index in [4.69, 9.17) is 5.41 Å². The number of hydrogen-bond acceptors (Lipinski definition) is 2. The van der Waals surface area contributed by atoms with Crippen molar-refractivity contribution in [3.63, 3.8) is 0 Å². The fraction of sp³-hybridized carbons (Fsp3) is 0.714. The van der Waals surface area contributed by atoms with Gasteiger partial charge in [0.05, 0.1) is 5.71 Å². The molecule has 0 aromatic carbocycles. The van der Waals surface area contributed by atoms with Crippen LogP contribution in [-0.4, -0.2) is 11.5 Å². The van der Waals surface area contributed by atoms with E-state index >= 15 is 0 Å². The van der Waals surface area contributed by atoms with Crippen molar-refractivity contribution in [2.75, 3.05) is 0 Å². The molecule has 9 heavy (non-hydrogen) atoms. The van der Waals surface area contributed by atoms with Crippen molar-refractivity contribution in [1.29, 1.82) is 5.41 Å². The van der Waals surface area contributed by atoms with E-state index in [1.54, 1.807) is 6.92 Å². The number of carbonyl (C=O) groups is 1. The number of Topliss-reactive ketones (excluding diaryl/α,β-unsaturated/α-hetero) is 1. The van der Waals surface area contributed by atoms with Gasteiger partial charge in [-0.25, -0.2) is 0 Å². The van der Waals surface area contributed by atoms with Gasteiger partial charge < -0.3 is 5.41 Å². The molecule has 0 saturated carbocycles. The van der Waals surface area contributed by atoms with Crippen molar-refractivity contribution >= 4 is 11.5 Å². The third kappa shape index (κ3) is 3.01. The Morgan fingerprint density at radius 2 is 2.00 bits per heavy atom. The molecule has 0 aromatic heterocycles. The van der Waals surface area contributed by atoms with E-state index in [1.165, 1.54) is 0 Å². The third-order valence-corrected chi connectivity index (χ3v) is 1.16. The first-order valence-electron chi connectivity index (χ1n) is 3.33. The van der Waals surface area contributed by atoms with Crippen molar-refractivity contribution in [1.82, 2.24) is 0 Å². The lowest BCUT2D eigenvalue weighted by molar-refractivity contribution is -0.112. The Bertz CT molecular complexity index is 118. The number of hydrogen-bond donors (Lipinski definition) is 1. The van der Waals surface area contributed by atoms with Crippen molar-refractivity contribution in [3.8, 4) is 0 Å². The van der Waals surface area contributed by atoms with Crippen molar-refractivity contribution in [3.05, 3.63) is 0 Å². The Morgan fingerprint density at radius 3 is 2.33 bits per heavy atom. The normalized spacial score (nSPS) is 9.11. The standard InChI is InChI=1S/C7H13NO/c1-3-5-6(8)7(9)4-2/h8H,3-5H2,1-2H3. The summed E-state index contributed by atoms with van der Waals surface area (Å²) in [6.07, 6.45) is 2.00. The molecule has 0 aliphatic carbocycles. The largest absolute Gasteiger partial charge is 0.302 e. The summed E-state index contributed by atoms with van der Waals surface area (Å²) < 4.78 is 0. The predicted octanol–water partition coefficient (Wildman–Crippen LogP) is 1.79. The van der Waals surface area contributed by atoms with Gasteiger partial charge in [0.25, 0.3) is 0 Å². The average molecular weight is 127 g/mol. The van der Waals surface area contributed by atoms with E-state index in [0.717, 1.165) is 6.42 Å². The highest BCUT2D eigenvalue weighted by molar-refractivity contribution is 6.38. The zero-order chi connectivity index (χ0) is 7.28. The van der Waals surface area contributed by atoms with Crippen LogP contribution in [-0.2, 0) is 4.79 Å². The average Bonchev–Trinajstić information content (AvgIpc) is 1.87. The van der Waals surface area contributed by atoms with Gasteiger partial charge in [-0.05, 0) is 6.42 Å². The van der Waals surface area contributed by atoms with E-state index in [2.05, 4.69) is 0 Å². The van der Waals surface area contributed by atoms with Gasteiger partial charge in [0.2, 0.25) is 0 Å². The quantitative estimate of drug-likeness (QED) is 0.574. The first kappa shape index (κ1) is 8.34. The molecular weight excluding hydrogens is 114 g/mol. The van der Waals surface area contributed by atoms with Crippen LogP contribution in [0.1, 0.15) is 33.1 Å². The highest BCUT2D eigenvalue weighted by Crippen LogP contribution is 1.93. The minimum atomic E-state index is -0.0168. The second kappa shape index (κ2) is 4.24. The summed E-state index contributed by atoms with van der Waals surface area (Å²) in [5.41, 5.74) is 0.278. The molecule has 0 radical (unpaired) electrons. The number of nitrogens with one attached hydrogen (secondary N) is 1. The first-order valence-corrected chi connectivity index (χ1v) is 3.33. The SMILES string of the molecule is CCCC(=N)C(=O)CC. The maximum atomic E-state index is 10.7. The van der Waals surface area contributed by atoms with Crippen LogP contribution in [0.25, 0.3) is 0 Å². The van der Waals surface area contributed by atoms with Gasteiger partial charge in [0.15, 0.2) is 5.78 Å². The number of carbonyl (C=O) groups excluding carboxylic acids is 1. The maximum absolute atomic E-state index is 10.7. The molecule has 0 aromatic rings. The summed E-state index contributed by atoms with van der Waals surface area (Å²) in [5.74, 6) is -0.0168. The third-order valence-electron chi connectivity index (χ3n) is 1.16. The van der Waals surface area contributed by atoms with E-state index in [1.807, 2.05) is 6.92 Å². The van der Waals surface area contributed by atoms with Crippen LogP contribution in [0, 0.1) is 5.41 Å². The summed E-state index contributed by atoms with van der Waals surface area (Å²) in [7, 11) is 0. The Kier molecular flexibility index (Phi) is 3.93. The summed E-state index contributed by atoms with van der Waals surface area (Å²) in [6.45, 7) is 3.75. The number of rotatable bonds is 4. The molecule has 0 fully saturated rings. The second-order valence-corrected chi connectivity index (χ2v) is 2.01. The van der Waals surface area contributed by atoms with Gasteiger partial charge in [-0.2, -0.15) is 0 Å². The van der Waals surface area contributed by atoms with Crippen LogP contribution in [0.2, 0.25) is 0 Å². The predicted molar refractivity (Wildman–Crippen MR) is 37.9 cm³/mol. The minimum Gasteiger partial charge on any atom is -0.302 e. The maximum Gasteiger partial charge on any atom is 0.176 e. The van der Waals surface area contributed by atoms with Crippen molar-refractivity contribution in [2.45, 2.75) is 33.1 Å². The fourth-order valence-corrected chi connectivity index (χ4v) is 0.603. The van der Waals surface area contributed by atoms with Gasteiger partial charge in [-0.15, -0.1) is 0 Å². The summed E-state index contributed by atoms with van der Waals surface area (Å²) in [4.78, 5) is 10.7. The van der Waals surface area contributed by atoms with E-state index in [0.29, 0.717) is 12.8 Å². The Balaban J connectivity index is 3.60. The topological polar surface area (TPSA) is 40.9 Å². The molecule has 0 rings (SSSR count). The Hall–Kier alpha value is -0.660. The molecule has 0 heterocycles. The molecule has 0 spiro atoms. The molecule has 1 N–H and O–H groups in total. The van der Waals surface area contributed by atoms with Crippen LogP contribution >= 0.6 is 0 Å². The van der Waals surface area contributed by atoms with Crippen LogP contribution in [0.4, 0.5) is 0 Å². The van der Waals surface area contributed by atoms with Gasteiger partial charge in [-0.1, -0.05) is 20.3 Å². The molecule has 2 nitrogen and oxygen atoms in total. The van der Waals surface area contributed by atoms with E-state index < -0.39 is 0 Å². The van der Waals surface area contributed by atoms with Gasteiger partial charge in [0, 0.05) is 6.42 Å². The smallest absolute Gasteiger partial charge is 0.176 e. The number of ketones is 1. The summed E-state index contributed by atoms with van der Waals surface area (Å²) >= 11 is 0. The zero-order valence-electron chi connectivity index (χ0n) is 6.03. The van der Waals surface area contributed by atoms with Crippen LogP contribution in [0.5, 0.6) is 0 Å².